The third-order valence-corrected chi connectivity index (χ3v) is 11.2. The van der Waals surface area contributed by atoms with Gasteiger partial charge in [-0.1, -0.05) is 115 Å². The highest BCUT2D eigenvalue weighted by molar-refractivity contribution is 6.93. The summed E-state index contributed by atoms with van der Waals surface area (Å²) in [6.07, 6.45) is 4.75. The van der Waals surface area contributed by atoms with E-state index in [0.29, 0.717) is 0 Å². The average molecular weight is 641 g/mol. The molecule has 8 aromatic rings. The number of aryl methyl sites for hydroxylation is 1. The van der Waals surface area contributed by atoms with Crippen molar-refractivity contribution >= 4 is 68.1 Å². The molecule has 0 saturated carbocycles. The van der Waals surface area contributed by atoms with Crippen LogP contribution in [0, 0.1) is 0 Å². The molecule has 0 amide bonds. The number of para-hydroxylation sites is 4. The highest BCUT2D eigenvalue weighted by Gasteiger charge is 2.45. The van der Waals surface area contributed by atoms with Gasteiger partial charge in [-0.25, -0.2) is 0 Å². The van der Waals surface area contributed by atoms with Crippen molar-refractivity contribution in [2.45, 2.75) is 25.7 Å². The summed E-state index contributed by atoms with van der Waals surface area (Å²) < 4.78 is 6.72. The zero-order valence-corrected chi connectivity index (χ0v) is 27.6. The fourth-order valence-corrected chi connectivity index (χ4v) is 9.18. The number of hydrogen-bond acceptors (Lipinski definition) is 3. The first kappa shape index (κ1) is 27.9. The van der Waals surface area contributed by atoms with E-state index in [1.54, 1.807) is 0 Å². The lowest BCUT2D eigenvalue weighted by atomic mass is 9.43. The molecule has 0 saturated heterocycles. The summed E-state index contributed by atoms with van der Waals surface area (Å²) in [5.74, 6) is 0. The predicted molar refractivity (Wildman–Crippen MR) is 210 cm³/mol. The van der Waals surface area contributed by atoms with Gasteiger partial charge in [0.15, 0.2) is 5.58 Å². The maximum absolute atomic E-state index is 6.72. The highest BCUT2D eigenvalue weighted by Crippen LogP contribution is 2.50. The van der Waals surface area contributed by atoms with E-state index in [1.807, 2.05) is 0 Å². The Morgan fingerprint density at radius 2 is 1.20 bits per heavy atom. The molecule has 3 aliphatic rings. The van der Waals surface area contributed by atoms with Gasteiger partial charge in [0.25, 0.3) is 0 Å². The first-order valence-corrected chi connectivity index (χ1v) is 17.9. The molecule has 0 unspecified atom stereocenters. The van der Waals surface area contributed by atoms with Gasteiger partial charge >= 0.3 is 6.85 Å². The Hall–Kier alpha value is -6.00. The molecule has 0 spiro atoms. The van der Waals surface area contributed by atoms with Gasteiger partial charge in [-0.2, -0.15) is 0 Å². The van der Waals surface area contributed by atoms with Gasteiger partial charge < -0.3 is 14.1 Å². The van der Waals surface area contributed by atoms with Gasteiger partial charge in [0.1, 0.15) is 5.58 Å². The van der Waals surface area contributed by atoms with E-state index in [9.17, 15) is 0 Å². The summed E-state index contributed by atoms with van der Waals surface area (Å²) in [6, 6.07) is 55.7. The van der Waals surface area contributed by atoms with Crippen molar-refractivity contribution < 1.29 is 4.42 Å². The standard InChI is InChI=1S/C46H33BN2O/c1-2-15-31(16-3-1)44-32-17-5-4-14-30(32)28-29-40(44)48-39-24-10-8-22-37(39)47-45-35(20-12-25-41(45)48)33-18-6-9-23-38(33)49(47)42-26-13-21-36-34-19-7-11-27-43(34)50-46(36)42/h1-3,6-13,15-16,18-29H,4-5,14,17H2. The fourth-order valence-electron chi connectivity index (χ4n) is 9.18. The summed E-state index contributed by atoms with van der Waals surface area (Å²) in [5.41, 5.74) is 18.6. The molecule has 3 heterocycles. The van der Waals surface area contributed by atoms with E-state index in [0.717, 1.165) is 40.5 Å². The molecule has 0 atom stereocenters. The zero-order valence-electron chi connectivity index (χ0n) is 27.6. The SMILES string of the molecule is c1ccc(-c2c(N3c4ccccc4B4c5c(cccc53)-c3ccccc3N4c3cccc4c3oc3ccccc34)ccc3c2CCCC3)cc1. The quantitative estimate of drug-likeness (QED) is 0.179. The summed E-state index contributed by atoms with van der Waals surface area (Å²) in [5, 5.41) is 2.29. The van der Waals surface area contributed by atoms with E-state index >= 15 is 0 Å². The van der Waals surface area contributed by atoms with Gasteiger partial charge in [-0.15, -0.1) is 0 Å². The topological polar surface area (TPSA) is 19.6 Å². The van der Waals surface area contributed by atoms with Gasteiger partial charge in [0.05, 0.1) is 11.4 Å². The van der Waals surface area contributed by atoms with Crippen LogP contribution in [-0.4, -0.2) is 6.85 Å². The van der Waals surface area contributed by atoms with Crippen molar-refractivity contribution in [3.05, 3.63) is 163 Å². The maximum Gasteiger partial charge on any atom is 0.333 e. The molecule has 50 heavy (non-hydrogen) atoms. The number of anilines is 5. The number of rotatable bonds is 3. The van der Waals surface area contributed by atoms with Crippen LogP contribution >= 0.6 is 0 Å². The molecule has 11 rings (SSSR count). The molecular formula is C46H33BN2O. The summed E-state index contributed by atoms with van der Waals surface area (Å²) >= 11 is 0. The number of benzene rings is 7. The number of hydrogen-bond donors (Lipinski definition) is 0. The minimum absolute atomic E-state index is 0.0554. The van der Waals surface area contributed by atoms with E-state index in [1.165, 1.54) is 79.9 Å². The fraction of sp³-hybridized carbons (Fsp3) is 0.0870. The first-order valence-electron chi connectivity index (χ1n) is 17.9. The molecule has 0 bridgehead atoms. The van der Waals surface area contributed by atoms with Crippen LogP contribution in [0.3, 0.4) is 0 Å². The van der Waals surface area contributed by atoms with Crippen LogP contribution in [0.25, 0.3) is 44.2 Å². The molecule has 1 aliphatic carbocycles. The van der Waals surface area contributed by atoms with Crippen LogP contribution in [0.4, 0.5) is 28.4 Å². The van der Waals surface area contributed by atoms with E-state index in [-0.39, 0.29) is 6.85 Å². The zero-order chi connectivity index (χ0) is 32.8. The Balaban J connectivity index is 1.22. The second-order valence-corrected chi connectivity index (χ2v) is 13.8. The molecule has 7 aromatic carbocycles. The Morgan fingerprint density at radius 3 is 2.14 bits per heavy atom. The molecule has 4 heteroatoms. The van der Waals surface area contributed by atoms with Crippen molar-refractivity contribution in [3.8, 4) is 22.3 Å². The van der Waals surface area contributed by atoms with Crippen LogP contribution in [-0.2, 0) is 12.8 Å². The van der Waals surface area contributed by atoms with Crippen LogP contribution < -0.4 is 20.6 Å². The maximum atomic E-state index is 6.72. The van der Waals surface area contributed by atoms with Crippen LogP contribution in [0.5, 0.6) is 0 Å². The normalized spacial score (nSPS) is 14.4. The molecular weight excluding hydrogens is 607 g/mol. The minimum Gasteiger partial charge on any atom is -0.454 e. The van der Waals surface area contributed by atoms with Gasteiger partial charge in [-0.05, 0) is 95.3 Å². The second-order valence-electron chi connectivity index (χ2n) is 13.8. The third-order valence-electron chi connectivity index (χ3n) is 11.2. The smallest absolute Gasteiger partial charge is 0.333 e. The Morgan fingerprint density at radius 1 is 0.500 bits per heavy atom. The molecule has 236 valence electrons. The lowest BCUT2D eigenvalue weighted by molar-refractivity contribution is 0.669. The first-order chi connectivity index (χ1) is 24.8. The third kappa shape index (κ3) is 3.88. The van der Waals surface area contributed by atoms with Crippen molar-refractivity contribution in [1.29, 1.82) is 0 Å². The predicted octanol–water partition coefficient (Wildman–Crippen LogP) is 10.8. The Bertz CT molecular complexity index is 2640. The number of fused-ring (bicyclic) bond motifs is 8. The Labute approximate surface area is 292 Å². The Kier molecular flexibility index (Phi) is 6.00. The molecule has 3 nitrogen and oxygen atoms in total. The van der Waals surface area contributed by atoms with Crippen molar-refractivity contribution in [2.75, 3.05) is 9.71 Å². The second kappa shape index (κ2) is 10.8. The van der Waals surface area contributed by atoms with E-state index in [2.05, 4.69) is 161 Å². The number of furan rings is 1. The monoisotopic (exact) mass is 640 g/mol. The highest BCUT2D eigenvalue weighted by atomic mass is 16.3. The van der Waals surface area contributed by atoms with E-state index in [4.69, 9.17) is 4.42 Å². The van der Waals surface area contributed by atoms with Crippen LogP contribution in [0.2, 0.25) is 0 Å². The minimum atomic E-state index is -0.0554. The molecule has 0 radical (unpaired) electrons. The largest absolute Gasteiger partial charge is 0.454 e. The van der Waals surface area contributed by atoms with Crippen molar-refractivity contribution in [3.63, 3.8) is 0 Å². The van der Waals surface area contributed by atoms with Crippen molar-refractivity contribution in [1.82, 2.24) is 0 Å². The van der Waals surface area contributed by atoms with Gasteiger partial charge in [0.2, 0.25) is 0 Å². The lowest BCUT2D eigenvalue weighted by Gasteiger charge is -2.46. The van der Waals surface area contributed by atoms with Crippen molar-refractivity contribution in [2.24, 2.45) is 0 Å². The van der Waals surface area contributed by atoms with Crippen LogP contribution in [0.1, 0.15) is 24.0 Å². The van der Waals surface area contributed by atoms with Gasteiger partial charge in [0, 0.05) is 39.0 Å². The van der Waals surface area contributed by atoms with Crippen LogP contribution in [0.15, 0.2) is 156 Å². The average Bonchev–Trinajstić information content (AvgIpc) is 3.57. The number of nitrogens with zero attached hydrogens (tertiary/aromatic N) is 2. The molecule has 0 N–H and O–H groups in total. The molecule has 0 fully saturated rings. The molecule has 2 aliphatic heterocycles. The lowest BCUT2D eigenvalue weighted by Crippen LogP contribution is -2.61. The summed E-state index contributed by atoms with van der Waals surface area (Å²) in [4.78, 5) is 5.11. The summed E-state index contributed by atoms with van der Waals surface area (Å²) in [6.45, 7) is -0.0554. The van der Waals surface area contributed by atoms with Gasteiger partial charge in [-0.3, -0.25) is 0 Å². The molecule has 1 aromatic heterocycles. The summed E-state index contributed by atoms with van der Waals surface area (Å²) in [7, 11) is 0. The van der Waals surface area contributed by atoms with E-state index < -0.39 is 0 Å².